The predicted molar refractivity (Wildman–Crippen MR) is 50.3 cm³/mol. The van der Waals surface area contributed by atoms with Crippen molar-refractivity contribution in [3.63, 3.8) is 0 Å². The number of nitrogens with two attached hydrogens (primary N) is 1. The van der Waals surface area contributed by atoms with E-state index < -0.39 is 23.9 Å². The predicted octanol–water partition coefficient (Wildman–Crippen LogP) is -0.457. The molecule has 0 aliphatic carbocycles. The minimum absolute atomic E-state index is 0.0392. The lowest BCUT2D eigenvalue weighted by molar-refractivity contribution is -0.141. The molecule has 0 aliphatic rings. The van der Waals surface area contributed by atoms with Gasteiger partial charge in [0.25, 0.3) is 0 Å². The zero-order chi connectivity index (χ0) is 11.6. The van der Waals surface area contributed by atoms with E-state index in [2.05, 4.69) is 0 Å². The molecule has 6 N–H and O–H groups in total. The van der Waals surface area contributed by atoms with Crippen molar-refractivity contribution >= 4 is 5.97 Å². The summed E-state index contributed by atoms with van der Waals surface area (Å²) in [5.41, 5.74) is 5.14. The molecular weight excluding hydrogens is 202 g/mol. The molecular formula is C9H11NO5. The maximum atomic E-state index is 10.5. The first-order valence-corrected chi connectivity index (χ1v) is 4.12. The van der Waals surface area contributed by atoms with Crippen molar-refractivity contribution in [1.82, 2.24) is 0 Å². The van der Waals surface area contributed by atoms with Crippen molar-refractivity contribution in [3.8, 4) is 11.5 Å². The summed E-state index contributed by atoms with van der Waals surface area (Å²) in [6, 6.07) is 1.89. The smallest absolute Gasteiger partial charge is 0.323 e. The van der Waals surface area contributed by atoms with Crippen LogP contribution in [0.1, 0.15) is 11.7 Å². The lowest BCUT2D eigenvalue weighted by Crippen LogP contribution is -2.36. The Morgan fingerprint density at radius 2 is 1.93 bits per heavy atom. The third-order valence-corrected chi connectivity index (χ3v) is 1.96. The number of aliphatic hydroxyl groups is 1. The van der Waals surface area contributed by atoms with Crippen LogP contribution >= 0.6 is 0 Å². The first-order valence-electron chi connectivity index (χ1n) is 4.12. The van der Waals surface area contributed by atoms with Crippen LogP contribution in [-0.2, 0) is 4.79 Å². The summed E-state index contributed by atoms with van der Waals surface area (Å²) in [7, 11) is 0. The highest BCUT2D eigenvalue weighted by Crippen LogP contribution is 2.29. The first-order chi connectivity index (χ1) is 6.93. The topological polar surface area (TPSA) is 124 Å². The van der Waals surface area contributed by atoms with Crippen LogP contribution < -0.4 is 5.73 Å². The lowest BCUT2D eigenvalue weighted by Gasteiger charge is -2.16. The van der Waals surface area contributed by atoms with Crippen LogP contribution in [-0.4, -0.2) is 32.4 Å². The van der Waals surface area contributed by atoms with Crippen molar-refractivity contribution in [2.24, 2.45) is 5.73 Å². The minimum atomic E-state index is -1.53. The maximum absolute atomic E-state index is 10.5. The van der Waals surface area contributed by atoms with Gasteiger partial charge in [0, 0.05) is 11.6 Å². The summed E-state index contributed by atoms with van der Waals surface area (Å²) in [4.78, 5) is 10.5. The number of rotatable bonds is 3. The van der Waals surface area contributed by atoms with Crippen LogP contribution in [0.15, 0.2) is 18.2 Å². The SMILES string of the molecule is NC(C(=O)O)C(O)c1ccc(O)cc1O. The Morgan fingerprint density at radius 3 is 2.40 bits per heavy atom. The fourth-order valence-corrected chi connectivity index (χ4v) is 1.11. The van der Waals surface area contributed by atoms with Crippen LogP contribution in [0.3, 0.4) is 0 Å². The van der Waals surface area contributed by atoms with Gasteiger partial charge in [0.15, 0.2) is 0 Å². The van der Waals surface area contributed by atoms with Gasteiger partial charge in [0.05, 0.1) is 0 Å². The summed E-state index contributed by atoms with van der Waals surface area (Å²) in [6.45, 7) is 0. The molecule has 0 fully saturated rings. The molecule has 0 saturated heterocycles. The van der Waals surface area contributed by atoms with Crippen molar-refractivity contribution in [2.45, 2.75) is 12.1 Å². The summed E-state index contributed by atoms with van der Waals surface area (Å²) >= 11 is 0. The second kappa shape index (κ2) is 4.16. The molecule has 0 aliphatic heterocycles. The van der Waals surface area contributed by atoms with Gasteiger partial charge in [-0.15, -0.1) is 0 Å². The molecule has 82 valence electrons. The molecule has 0 radical (unpaired) electrons. The van der Waals surface area contributed by atoms with Gasteiger partial charge in [-0.2, -0.15) is 0 Å². The number of phenols is 2. The Balaban J connectivity index is 3.01. The molecule has 2 atom stereocenters. The van der Waals surface area contributed by atoms with E-state index in [0.717, 1.165) is 6.07 Å². The molecule has 0 saturated carbocycles. The maximum Gasteiger partial charge on any atom is 0.323 e. The van der Waals surface area contributed by atoms with E-state index in [1.165, 1.54) is 12.1 Å². The molecule has 6 nitrogen and oxygen atoms in total. The zero-order valence-corrected chi connectivity index (χ0v) is 7.66. The Bertz CT molecular complexity index is 379. The lowest BCUT2D eigenvalue weighted by atomic mass is 10.0. The number of hydrogen-bond acceptors (Lipinski definition) is 5. The quantitative estimate of drug-likeness (QED) is 0.463. The summed E-state index contributed by atoms with van der Waals surface area (Å²) in [6.07, 6.45) is -1.52. The van der Waals surface area contributed by atoms with E-state index in [9.17, 15) is 15.0 Å². The Labute approximate surface area is 85.2 Å². The van der Waals surface area contributed by atoms with E-state index in [4.69, 9.17) is 15.9 Å². The van der Waals surface area contributed by atoms with Crippen molar-refractivity contribution in [1.29, 1.82) is 0 Å². The van der Waals surface area contributed by atoms with Crippen LogP contribution in [0.5, 0.6) is 11.5 Å². The Hall–Kier alpha value is -1.79. The van der Waals surface area contributed by atoms with E-state index in [1.54, 1.807) is 0 Å². The fourth-order valence-electron chi connectivity index (χ4n) is 1.11. The van der Waals surface area contributed by atoms with Gasteiger partial charge >= 0.3 is 5.97 Å². The second-order valence-corrected chi connectivity index (χ2v) is 3.05. The summed E-state index contributed by atoms with van der Waals surface area (Å²) in [5, 5.41) is 36.3. The van der Waals surface area contributed by atoms with Gasteiger partial charge in [0.1, 0.15) is 23.6 Å². The van der Waals surface area contributed by atoms with Crippen LogP contribution in [0.2, 0.25) is 0 Å². The number of carboxylic acids is 1. The Morgan fingerprint density at radius 1 is 1.33 bits per heavy atom. The van der Waals surface area contributed by atoms with E-state index >= 15 is 0 Å². The Kier molecular flexibility index (Phi) is 3.13. The molecule has 0 heterocycles. The normalized spacial score (nSPS) is 14.5. The standard InChI is InChI=1S/C9H11NO5/c10-7(9(14)15)8(13)5-2-1-4(11)3-6(5)12/h1-3,7-8,11-13H,10H2,(H,14,15). The van der Waals surface area contributed by atoms with Crippen molar-refractivity contribution in [3.05, 3.63) is 23.8 Å². The van der Waals surface area contributed by atoms with Gasteiger partial charge in [-0.05, 0) is 12.1 Å². The number of phenolic OH excluding ortho intramolecular Hbond substituents is 2. The molecule has 0 aromatic heterocycles. The second-order valence-electron chi connectivity index (χ2n) is 3.05. The number of carbonyl (C=O) groups is 1. The summed E-state index contributed by atoms with van der Waals surface area (Å²) < 4.78 is 0. The van der Waals surface area contributed by atoms with Crippen LogP contribution in [0.25, 0.3) is 0 Å². The third kappa shape index (κ3) is 2.36. The number of carboxylic acid groups (broad SMARTS) is 1. The first kappa shape index (κ1) is 11.3. The highest BCUT2D eigenvalue weighted by molar-refractivity contribution is 5.74. The van der Waals surface area contributed by atoms with Gasteiger partial charge in [0.2, 0.25) is 0 Å². The molecule has 2 unspecified atom stereocenters. The highest BCUT2D eigenvalue weighted by Gasteiger charge is 2.25. The molecule has 1 aromatic rings. The fraction of sp³-hybridized carbons (Fsp3) is 0.222. The van der Waals surface area contributed by atoms with Gasteiger partial charge < -0.3 is 26.2 Å². The molecule has 1 aromatic carbocycles. The number of aliphatic carboxylic acids is 1. The zero-order valence-electron chi connectivity index (χ0n) is 7.66. The molecule has 0 amide bonds. The molecule has 1 rings (SSSR count). The molecule has 6 heteroatoms. The summed E-state index contributed by atoms with van der Waals surface area (Å²) in [5.74, 6) is -1.97. The molecule has 0 spiro atoms. The highest BCUT2D eigenvalue weighted by atomic mass is 16.4. The monoisotopic (exact) mass is 213 g/mol. The third-order valence-electron chi connectivity index (χ3n) is 1.96. The van der Waals surface area contributed by atoms with Crippen molar-refractivity contribution in [2.75, 3.05) is 0 Å². The van der Waals surface area contributed by atoms with Gasteiger partial charge in [-0.25, -0.2) is 0 Å². The van der Waals surface area contributed by atoms with Gasteiger partial charge in [-0.1, -0.05) is 0 Å². The van der Waals surface area contributed by atoms with E-state index in [1.807, 2.05) is 0 Å². The number of aromatic hydroxyl groups is 2. The number of hydrogen-bond donors (Lipinski definition) is 5. The van der Waals surface area contributed by atoms with Crippen LogP contribution in [0.4, 0.5) is 0 Å². The van der Waals surface area contributed by atoms with Gasteiger partial charge in [-0.3, -0.25) is 4.79 Å². The van der Waals surface area contributed by atoms with E-state index in [-0.39, 0.29) is 11.3 Å². The number of benzene rings is 1. The average molecular weight is 213 g/mol. The van der Waals surface area contributed by atoms with Crippen molar-refractivity contribution < 1.29 is 25.2 Å². The van der Waals surface area contributed by atoms with Crippen LogP contribution in [0, 0.1) is 0 Å². The molecule has 0 bridgehead atoms. The largest absolute Gasteiger partial charge is 0.508 e. The molecule has 15 heavy (non-hydrogen) atoms. The average Bonchev–Trinajstić information content (AvgIpc) is 2.15. The van der Waals surface area contributed by atoms with E-state index in [0.29, 0.717) is 0 Å². The number of aliphatic hydroxyl groups excluding tert-OH is 1. The minimum Gasteiger partial charge on any atom is -0.508 e.